The van der Waals surface area contributed by atoms with E-state index in [2.05, 4.69) is 66.5 Å². The number of benzene rings is 2. The van der Waals surface area contributed by atoms with Crippen LogP contribution in [0.1, 0.15) is 37.0 Å². The largest absolute Gasteiger partial charge is 0.326 e. The SMILES string of the molecule is CC(C)CC(=O)Nc1ccc2c(c1)CN(CCc1ccccc1)C2. The third kappa shape index (κ3) is 4.45. The van der Waals surface area contributed by atoms with Crippen LogP contribution in [0.25, 0.3) is 0 Å². The number of carbonyl (C=O) groups excluding carboxylic acids is 1. The smallest absolute Gasteiger partial charge is 0.224 e. The highest BCUT2D eigenvalue weighted by atomic mass is 16.1. The lowest BCUT2D eigenvalue weighted by atomic mass is 10.1. The van der Waals surface area contributed by atoms with Crippen molar-refractivity contribution in [3.8, 4) is 0 Å². The first-order valence-corrected chi connectivity index (χ1v) is 8.78. The number of nitrogens with zero attached hydrogens (tertiary/aromatic N) is 1. The van der Waals surface area contributed by atoms with E-state index in [9.17, 15) is 4.79 Å². The average Bonchev–Trinajstić information content (AvgIpc) is 2.95. The first kappa shape index (κ1) is 16.7. The molecule has 1 N–H and O–H groups in total. The quantitative estimate of drug-likeness (QED) is 0.863. The van der Waals surface area contributed by atoms with Gasteiger partial charge in [-0.05, 0) is 41.2 Å². The lowest BCUT2D eigenvalue weighted by molar-refractivity contribution is -0.116. The number of amides is 1. The Hall–Kier alpha value is -2.13. The number of carbonyl (C=O) groups is 1. The molecule has 0 atom stereocenters. The maximum absolute atomic E-state index is 11.9. The third-order valence-corrected chi connectivity index (χ3v) is 4.43. The van der Waals surface area contributed by atoms with Gasteiger partial charge in [0.25, 0.3) is 0 Å². The Kier molecular flexibility index (Phi) is 5.31. The van der Waals surface area contributed by atoms with Gasteiger partial charge in [-0.15, -0.1) is 0 Å². The molecule has 1 aliphatic heterocycles. The van der Waals surface area contributed by atoms with E-state index in [1.165, 1.54) is 16.7 Å². The molecule has 0 bridgehead atoms. The standard InChI is InChI=1S/C21H26N2O/c1-16(2)12-21(24)22-20-9-8-18-14-23(15-19(18)13-20)11-10-17-6-4-3-5-7-17/h3-9,13,16H,10-12,14-15H2,1-2H3,(H,22,24). The summed E-state index contributed by atoms with van der Waals surface area (Å²) in [5, 5.41) is 3.02. The first-order valence-electron chi connectivity index (χ1n) is 8.78. The summed E-state index contributed by atoms with van der Waals surface area (Å²) in [6.45, 7) is 7.16. The van der Waals surface area contributed by atoms with Crippen LogP contribution in [0, 0.1) is 5.92 Å². The predicted molar refractivity (Wildman–Crippen MR) is 98.8 cm³/mol. The normalized spacial score (nSPS) is 14.0. The number of rotatable bonds is 6. The predicted octanol–water partition coefficient (Wildman–Crippen LogP) is 4.23. The van der Waals surface area contributed by atoms with Gasteiger partial charge in [-0.2, -0.15) is 0 Å². The van der Waals surface area contributed by atoms with E-state index in [0.717, 1.165) is 31.7 Å². The zero-order valence-electron chi connectivity index (χ0n) is 14.6. The molecule has 24 heavy (non-hydrogen) atoms. The highest BCUT2D eigenvalue weighted by Crippen LogP contribution is 2.26. The number of nitrogens with one attached hydrogen (secondary N) is 1. The summed E-state index contributed by atoms with van der Waals surface area (Å²) in [4.78, 5) is 14.4. The molecule has 2 aromatic carbocycles. The van der Waals surface area contributed by atoms with Crippen LogP contribution in [-0.2, 0) is 24.3 Å². The van der Waals surface area contributed by atoms with E-state index in [0.29, 0.717) is 12.3 Å². The fourth-order valence-electron chi connectivity index (χ4n) is 3.22. The third-order valence-electron chi connectivity index (χ3n) is 4.43. The van der Waals surface area contributed by atoms with Crippen molar-refractivity contribution >= 4 is 11.6 Å². The van der Waals surface area contributed by atoms with E-state index >= 15 is 0 Å². The molecule has 1 aliphatic rings. The molecule has 1 amide bonds. The second kappa shape index (κ2) is 7.63. The Labute approximate surface area is 144 Å². The lowest BCUT2D eigenvalue weighted by Crippen LogP contribution is -2.19. The molecule has 2 aromatic rings. The van der Waals surface area contributed by atoms with Crippen molar-refractivity contribution in [2.75, 3.05) is 11.9 Å². The van der Waals surface area contributed by atoms with Gasteiger partial charge in [-0.1, -0.05) is 50.2 Å². The van der Waals surface area contributed by atoms with Gasteiger partial charge in [0, 0.05) is 31.7 Å². The molecule has 0 aliphatic carbocycles. The second-order valence-electron chi connectivity index (χ2n) is 7.08. The molecule has 3 heteroatoms. The molecular formula is C21H26N2O. The van der Waals surface area contributed by atoms with Crippen LogP contribution >= 0.6 is 0 Å². The van der Waals surface area contributed by atoms with Gasteiger partial charge >= 0.3 is 0 Å². The van der Waals surface area contributed by atoms with Crippen LogP contribution in [0.2, 0.25) is 0 Å². The van der Waals surface area contributed by atoms with Crippen molar-refractivity contribution in [3.05, 3.63) is 65.2 Å². The molecule has 0 saturated carbocycles. The van der Waals surface area contributed by atoms with Gasteiger partial charge in [0.15, 0.2) is 0 Å². The van der Waals surface area contributed by atoms with Crippen LogP contribution in [0.4, 0.5) is 5.69 Å². The average molecular weight is 322 g/mol. The second-order valence-corrected chi connectivity index (χ2v) is 7.08. The van der Waals surface area contributed by atoms with Gasteiger partial charge < -0.3 is 5.32 Å². The molecule has 3 nitrogen and oxygen atoms in total. The molecule has 0 fully saturated rings. The number of anilines is 1. The fraction of sp³-hybridized carbons (Fsp3) is 0.381. The van der Waals surface area contributed by atoms with Crippen LogP contribution in [0.3, 0.4) is 0 Å². The van der Waals surface area contributed by atoms with Crippen LogP contribution in [0.5, 0.6) is 0 Å². The van der Waals surface area contributed by atoms with Gasteiger partial charge in [0.2, 0.25) is 5.91 Å². The zero-order valence-corrected chi connectivity index (χ0v) is 14.6. The number of fused-ring (bicyclic) bond motifs is 1. The van der Waals surface area contributed by atoms with Gasteiger partial charge in [0.1, 0.15) is 0 Å². The van der Waals surface area contributed by atoms with Crippen LogP contribution in [0.15, 0.2) is 48.5 Å². The van der Waals surface area contributed by atoms with E-state index in [1.54, 1.807) is 0 Å². The summed E-state index contributed by atoms with van der Waals surface area (Å²) in [7, 11) is 0. The Morgan fingerprint density at radius 2 is 1.83 bits per heavy atom. The first-order chi connectivity index (χ1) is 11.6. The number of hydrogen-bond donors (Lipinski definition) is 1. The van der Waals surface area contributed by atoms with E-state index < -0.39 is 0 Å². The Bertz CT molecular complexity index is 694. The van der Waals surface area contributed by atoms with E-state index in [1.807, 2.05) is 6.07 Å². The summed E-state index contributed by atoms with van der Waals surface area (Å²) in [5.41, 5.74) is 5.02. The molecule has 0 spiro atoms. The summed E-state index contributed by atoms with van der Waals surface area (Å²) >= 11 is 0. The molecular weight excluding hydrogens is 296 g/mol. The van der Waals surface area contributed by atoms with Crippen molar-refractivity contribution in [2.24, 2.45) is 5.92 Å². The Morgan fingerprint density at radius 3 is 2.58 bits per heavy atom. The van der Waals surface area contributed by atoms with Crippen LogP contribution < -0.4 is 5.32 Å². The summed E-state index contributed by atoms with van der Waals surface area (Å²) in [6.07, 6.45) is 1.65. The minimum atomic E-state index is 0.101. The number of hydrogen-bond acceptors (Lipinski definition) is 2. The molecule has 0 saturated heterocycles. The molecule has 126 valence electrons. The van der Waals surface area contributed by atoms with Gasteiger partial charge in [0.05, 0.1) is 0 Å². The van der Waals surface area contributed by atoms with Crippen LogP contribution in [-0.4, -0.2) is 17.4 Å². The Morgan fingerprint density at radius 1 is 1.08 bits per heavy atom. The van der Waals surface area contributed by atoms with Crippen molar-refractivity contribution in [2.45, 2.75) is 39.8 Å². The summed E-state index contributed by atoms with van der Waals surface area (Å²) < 4.78 is 0. The monoisotopic (exact) mass is 322 g/mol. The van der Waals surface area contributed by atoms with Crippen molar-refractivity contribution in [3.63, 3.8) is 0 Å². The van der Waals surface area contributed by atoms with Gasteiger partial charge in [-0.3, -0.25) is 9.69 Å². The molecule has 0 aromatic heterocycles. The molecule has 1 heterocycles. The maximum atomic E-state index is 11.9. The van der Waals surface area contributed by atoms with Crippen molar-refractivity contribution < 1.29 is 4.79 Å². The zero-order chi connectivity index (χ0) is 16.9. The topological polar surface area (TPSA) is 32.3 Å². The molecule has 0 radical (unpaired) electrons. The lowest BCUT2D eigenvalue weighted by Gasteiger charge is -2.14. The van der Waals surface area contributed by atoms with Crippen molar-refractivity contribution in [1.29, 1.82) is 0 Å². The van der Waals surface area contributed by atoms with Crippen molar-refractivity contribution in [1.82, 2.24) is 4.90 Å². The minimum Gasteiger partial charge on any atom is -0.326 e. The van der Waals surface area contributed by atoms with Gasteiger partial charge in [-0.25, -0.2) is 0 Å². The summed E-state index contributed by atoms with van der Waals surface area (Å²) in [6, 6.07) is 16.9. The Balaban J connectivity index is 1.56. The molecule has 0 unspecified atom stereocenters. The fourth-order valence-corrected chi connectivity index (χ4v) is 3.22. The maximum Gasteiger partial charge on any atom is 0.224 e. The minimum absolute atomic E-state index is 0.101. The summed E-state index contributed by atoms with van der Waals surface area (Å²) in [5.74, 6) is 0.483. The highest BCUT2D eigenvalue weighted by Gasteiger charge is 2.19. The van der Waals surface area contributed by atoms with E-state index in [4.69, 9.17) is 0 Å². The highest BCUT2D eigenvalue weighted by molar-refractivity contribution is 5.90. The van der Waals surface area contributed by atoms with E-state index in [-0.39, 0.29) is 5.91 Å². The molecule has 3 rings (SSSR count).